The number of nitrogens with zero attached hydrogens (tertiary/aromatic N) is 2. The summed E-state index contributed by atoms with van der Waals surface area (Å²) in [5, 5.41) is 3.54. The molecule has 0 atom stereocenters. The van der Waals surface area contributed by atoms with Crippen molar-refractivity contribution in [3.05, 3.63) is 0 Å². The van der Waals surface area contributed by atoms with Crippen LogP contribution in [0.25, 0.3) is 0 Å². The maximum atomic E-state index is 12.3. The summed E-state index contributed by atoms with van der Waals surface area (Å²) in [4.78, 5) is 3.80. The summed E-state index contributed by atoms with van der Waals surface area (Å²) >= 11 is 0. The van der Waals surface area contributed by atoms with Crippen LogP contribution in [0.2, 0.25) is 0 Å². The maximum Gasteiger partial charge on any atom is 0.401 e. The molecule has 0 radical (unpaired) electrons. The van der Waals surface area contributed by atoms with Crippen molar-refractivity contribution in [2.45, 2.75) is 38.9 Å². The minimum atomic E-state index is -4.07. The summed E-state index contributed by atoms with van der Waals surface area (Å²) < 4.78 is 37.0. The average Bonchev–Trinajstić information content (AvgIpc) is 3.11. The van der Waals surface area contributed by atoms with Gasteiger partial charge in [-0.05, 0) is 18.3 Å². The van der Waals surface area contributed by atoms with Crippen molar-refractivity contribution >= 4 is 0 Å². The van der Waals surface area contributed by atoms with Crippen molar-refractivity contribution in [1.29, 1.82) is 0 Å². The second-order valence-electron chi connectivity index (χ2n) is 6.99. The number of nitrogens with one attached hydrogen (secondary N) is 1. The Kier molecular flexibility index (Phi) is 4.97. The summed E-state index contributed by atoms with van der Waals surface area (Å²) in [7, 11) is 0. The van der Waals surface area contributed by atoms with Gasteiger partial charge < -0.3 is 10.2 Å². The van der Waals surface area contributed by atoms with Gasteiger partial charge in [-0.1, -0.05) is 13.8 Å². The lowest BCUT2D eigenvalue weighted by Crippen LogP contribution is -2.52. The van der Waals surface area contributed by atoms with E-state index in [1.165, 1.54) is 17.7 Å². The van der Waals surface area contributed by atoms with Crippen LogP contribution in [0.1, 0.15) is 26.7 Å². The largest absolute Gasteiger partial charge is 0.401 e. The monoisotopic (exact) mass is 293 g/mol. The Balaban J connectivity index is 1.67. The smallest absolute Gasteiger partial charge is 0.313 e. The fourth-order valence-corrected chi connectivity index (χ4v) is 2.73. The highest BCUT2D eigenvalue weighted by molar-refractivity contribution is 4.86. The summed E-state index contributed by atoms with van der Waals surface area (Å²) in [6, 6.07) is 0.706. The molecular weight excluding hydrogens is 267 g/mol. The third-order valence-corrected chi connectivity index (χ3v) is 3.97. The van der Waals surface area contributed by atoms with E-state index in [1.54, 1.807) is 0 Å². The fourth-order valence-electron chi connectivity index (χ4n) is 2.73. The van der Waals surface area contributed by atoms with E-state index in [-0.39, 0.29) is 5.41 Å². The lowest BCUT2D eigenvalue weighted by molar-refractivity contribution is -0.149. The highest BCUT2D eigenvalue weighted by atomic mass is 19.4. The SMILES string of the molecule is CC(C)(CNC1CC1)CN1CCN(CC(F)(F)F)CC1. The highest BCUT2D eigenvalue weighted by Gasteiger charge is 2.33. The molecule has 118 valence electrons. The predicted molar refractivity (Wildman–Crippen MR) is 73.7 cm³/mol. The van der Waals surface area contributed by atoms with E-state index in [0.29, 0.717) is 19.1 Å². The molecule has 2 aliphatic rings. The van der Waals surface area contributed by atoms with Crippen molar-refractivity contribution in [3.63, 3.8) is 0 Å². The van der Waals surface area contributed by atoms with E-state index in [2.05, 4.69) is 24.1 Å². The van der Waals surface area contributed by atoms with Gasteiger partial charge in [0, 0.05) is 45.3 Å². The van der Waals surface area contributed by atoms with Crippen LogP contribution in [0.4, 0.5) is 13.2 Å². The Morgan fingerprint density at radius 2 is 1.45 bits per heavy atom. The fraction of sp³-hybridized carbons (Fsp3) is 1.00. The molecule has 0 aromatic rings. The molecular formula is C14H26F3N3. The van der Waals surface area contributed by atoms with Crippen LogP contribution in [0.5, 0.6) is 0 Å². The molecule has 0 amide bonds. The third-order valence-electron chi connectivity index (χ3n) is 3.97. The predicted octanol–water partition coefficient (Wildman–Crippen LogP) is 1.94. The summed E-state index contributed by atoms with van der Waals surface area (Å²) in [5.41, 5.74) is 0.175. The molecule has 0 bridgehead atoms. The average molecular weight is 293 g/mol. The molecule has 20 heavy (non-hydrogen) atoms. The van der Waals surface area contributed by atoms with Crippen molar-refractivity contribution in [2.75, 3.05) is 45.8 Å². The molecule has 1 saturated carbocycles. The first-order valence-electron chi connectivity index (χ1n) is 7.48. The Labute approximate surface area is 119 Å². The van der Waals surface area contributed by atoms with E-state index in [0.717, 1.165) is 26.2 Å². The van der Waals surface area contributed by atoms with Gasteiger partial charge in [0.25, 0.3) is 0 Å². The molecule has 1 aliphatic heterocycles. The quantitative estimate of drug-likeness (QED) is 0.807. The second-order valence-corrected chi connectivity index (χ2v) is 6.99. The first kappa shape index (κ1) is 16.0. The first-order valence-corrected chi connectivity index (χ1v) is 7.48. The van der Waals surface area contributed by atoms with Crippen molar-refractivity contribution < 1.29 is 13.2 Å². The Hall–Kier alpha value is -0.330. The lowest BCUT2D eigenvalue weighted by atomic mass is 9.92. The maximum absolute atomic E-state index is 12.3. The van der Waals surface area contributed by atoms with E-state index < -0.39 is 12.7 Å². The van der Waals surface area contributed by atoms with E-state index in [4.69, 9.17) is 0 Å². The lowest BCUT2D eigenvalue weighted by Gasteiger charge is -2.39. The highest BCUT2D eigenvalue weighted by Crippen LogP contribution is 2.23. The Morgan fingerprint density at radius 1 is 0.950 bits per heavy atom. The van der Waals surface area contributed by atoms with Gasteiger partial charge in [-0.2, -0.15) is 13.2 Å². The van der Waals surface area contributed by atoms with Crippen LogP contribution in [-0.4, -0.2) is 67.8 Å². The molecule has 0 aromatic heterocycles. The number of hydrogen-bond acceptors (Lipinski definition) is 3. The van der Waals surface area contributed by atoms with Gasteiger partial charge >= 0.3 is 6.18 Å². The number of rotatable bonds is 6. The standard InChI is InChI=1S/C14H26F3N3/c1-13(2,9-18-12-3-4-12)10-19-5-7-20(8-6-19)11-14(15,16)17/h12,18H,3-11H2,1-2H3. The second kappa shape index (κ2) is 6.20. The van der Waals surface area contributed by atoms with Gasteiger partial charge in [0.1, 0.15) is 0 Å². The summed E-state index contributed by atoms with van der Waals surface area (Å²) in [6.07, 6.45) is -1.51. The molecule has 2 rings (SSSR count). The van der Waals surface area contributed by atoms with Crippen LogP contribution in [0.3, 0.4) is 0 Å². The molecule has 0 unspecified atom stereocenters. The molecule has 3 nitrogen and oxygen atoms in total. The van der Waals surface area contributed by atoms with Crippen LogP contribution in [0, 0.1) is 5.41 Å². The van der Waals surface area contributed by atoms with Gasteiger partial charge in [0.15, 0.2) is 0 Å². The van der Waals surface area contributed by atoms with E-state index in [9.17, 15) is 13.2 Å². The van der Waals surface area contributed by atoms with Gasteiger partial charge in [0.05, 0.1) is 6.54 Å². The van der Waals surface area contributed by atoms with Gasteiger partial charge in [0.2, 0.25) is 0 Å². The van der Waals surface area contributed by atoms with Crippen LogP contribution in [0.15, 0.2) is 0 Å². The van der Waals surface area contributed by atoms with E-state index in [1.807, 2.05) is 0 Å². The van der Waals surface area contributed by atoms with Crippen LogP contribution < -0.4 is 5.32 Å². The molecule has 6 heteroatoms. The molecule has 1 N–H and O–H groups in total. The molecule has 1 aliphatic carbocycles. The molecule has 0 spiro atoms. The molecule has 1 saturated heterocycles. The van der Waals surface area contributed by atoms with Gasteiger partial charge in [-0.3, -0.25) is 4.90 Å². The molecule has 2 fully saturated rings. The minimum absolute atomic E-state index is 0.175. The van der Waals surface area contributed by atoms with Crippen LogP contribution in [-0.2, 0) is 0 Å². The Bertz CT molecular complexity index is 305. The number of alkyl halides is 3. The molecule has 1 heterocycles. The normalized spacial score (nSPS) is 23.2. The van der Waals surface area contributed by atoms with E-state index >= 15 is 0 Å². The topological polar surface area (TPSA) is 18.5 Å². The third kappa shape index (κ3) is 5.97. The van der Waals surface area contributed by atoms with Gasteiger partial charge in [-0.25, -0.2) is 0 Å². The zero-order valence-electron chi connectivity index (χ0n) is 12.5. The van der Waals surface area contributed by atoms with Crippen molar-refractivity contribution in [1.82, 2.24) is 15.1 Å². The molecule has 0 aromatic carbocycles. The number of halogens is 3. The first-order chi connectivity index (χ1) is 9.23. The van der Waals surface area contributed by atoms with Crippen molar-refractivity contribution in [2.24, 2.45) is 5.41 Å². The zero-order chi connectivity index (χ0) is 14.8. The van der Waals surface area contributed by atoms with Crippen molar-refractivity contribution in [3.8, 4) is 0 Å². The summed E-state index contributed by atoms with van der Waals surface area (Å²) in [5.74, 6) is 0. The number of piperazine rings is 1. The minimum Gasteiger partial charge on any atom is -0.313 e. The van der Waals surface area contributed by atoms with Gasteiger partial charge in [-0.15, -0.1) is 0 Å². The number of hydrogen-bond donors (Lipinski definition) is 1. The zero-order valence-corrected chi connectivity index (χ0v) is 12.5. The van der Waals surface area contributed by atoms with Crippen LogP contribution >= 0.6 is 0 Å². The summed E-state index contributed by atoms with van der Waals surface area (Å²) in [6.45, 7) is 8.14. The Morgan fingerprint density at radius 3 is 1.90 bits per heavy atom.